The highest BCUT2D eigenvalue weighted by atomic mass is 35.5. The number of carbonyl (C=O) groups is 2. The fourth-order valence-corrected chi connectivity index (χ4v) is 2.71. The molecule has 0 saturated carbocycles. The summed E-state index contributed by atoms with van der Waals surface area (Å²) in [5, 5.41) is 6.03. The van der Waals surface area contributed by atoms with Gasteiger partial charge in [-0.15, -0.1) is 0 Å². The van der Waals surface area contributed by atoms with E-state index in [0.29, 0.717) is 30.6 Å². The van der Waals surface area contributed by atoms with Crippen molar-refractivity contribution in [1.29, 1.82) is 0 Å². The molecule has 0 aliphatic carbocycles. The quantitative estimate of drug-likeness (QED) is 0.799. The molecule has 8 nitrogen and oxygen atoms in total. The van der Waals surface area contributed by atoms with Crippen molar-refractivity contribution in [3.8, 4) is 5.69 Å². The molecule has 0 atom stereocenters. The molecule has 2 heterocycles. The van der Waals surface area contributed by atoms with E-state index in [9.17, 15) is 14.4 Å². The maximum absolute atomic E-state index is 12.2. The van der Waals surface area contributed by atoms with Crippen LogP contribution in [0, 0.1) is 0 Å². The molecule has 2 aromatic rings. The minimum atomic E-state index is -0.562. The molecule has 0 radical (unpaired) electrons. The van der Waals surface area contributed by atoms with Gasteiger partial charge in [-0.25, -0.2) is 9.59 Å². The Morgan fingerprint density at radius 3 is 2.68 bits per heavy atom. The highest BCUT2D eigenvalue weighted by Crippen LogP contribution is 2.18. The first-order valence-electron chi connectivity index (χ1n) is 7.70. The van der Waals surface area contributed by atoms with Gasteiger partial charge in [-0.05, 0) is 24.3 Å². The summed E-state index contributed by atoms with van der Waals surface area (Å²) in [5.74, 6) is 0.181. The molecule has 1 aliphatic rings. The SMILES string of the molecule is O=Cc1ccc(-n2ccc(NC(=O)N3CCNCC3)nc2=O)cc1Cl. The molecule has 1 aliphatic heterocycles. The largest absolute Gasteiger partial charge is 0.354 e. The van der Waals surface area contributed by atoms with Crippen molar-refractivity contribution in [2.24, 2.45) is 0 Å². The lowest BCUT2D eigenvalue weighted by Gasteiger charge is -2.27. The average molecular weight is 362 g/mol. The van der Waals surface area contributed by atoms with Gasteiger partial charge in [0.2, 0.25) is 0 Å². The summed E-state index contributed by atoms with van der Waals surface area (Å²) in [4.78, 5) is 40.7. The van der Waals surface area contributed by atoms with E-state index < -0.39 is 5.69 Å². The Hall–Kier alpha value is -2.71. The lowest BCUT2D eigenvalue weighted by molar-refractivity contribution is 0.112. The third-order valence-corrected chi connectivity index (χ3v) is 4.16. The summed E-state index contributed by atoms with van der Waals surface area (Å²) in [6.45, 7) is 2.68. The van der Waals surface area contributed by atoms with E-state index in [1.165, 1.54) is 29.0 Å². The van der Waals surface area contributed by atoms with Crippen LogP contribution in [0.2, 0.25) is 5.02 Å². The van der Waals surface area contributed by atoms with Crippen LogP contribution in [-0.2, 0) is 0 Å². The Morgan fingerprint density at radius 1 is 1.28 bits per heavy atom. The molecule has 1 saturated heterocycles. The topological polar surface area (TPSA) is 96.3 Å². The van der Waals surface area contributed by atoms with Crippen LogP contribution in [0.5, 0.6) is 0 Å². The first kappa shape index (κ1) is 17.1. The van der Waals surface area contributed by atoms with Gasteiger partial charge < -0.3 is 10.2 Å². The fraction of sp³-hybridized carbons (Fsp3) is 0.250. The van der Waals surface area contributed by atoms with E-state index in [4.69, 9.17) is 11.6 Å². The lowest BCUT2D eigenvalue weighted by atomic mass is 10.2. The highest BCUT2D eigenvalue weighted by Gasteiger charge is 2.16. The van der Waals surface area contributed by atoms with Gasteiger partial charge in [-0.2, -0.15) is 4.98 Å². The van der Waals surface area contributed by atoms with Gasteiger partial charge in [-0.3, -0.25) is 14.7 Å². The van der Waals surface area contributed by atoms with Crippen molar-refractivity contribution < 1.29 is 9.59 Å². The molecular formula is C16H16ClN5O3. The normalized spacial score (nSPS) is 14.2. The molecular weight excluding hydrogens is 346 g/mol. The number of anilines is 1. The van der Waals surface area contributed by atoms with Crippen LogP contribution in [0.25, 0.3) is 5.69 Å². The highest BCUT2D eigenvalue weighted by molar-refractivity contribution is 6.33. The van der Waals surface area contributed by atoms with E-state index in [1.807, 2.05) is 0 Å². The van der Waals surface area contributed by atoms with E-state index in [0.717, 1.165) is 13.1 Å². The molecule has 0 bridgehead atoms. The van der Waals surface area contributed by atoms with Crippen molar-refractivity contribution in [3.63, 3.8) is 0 Å². The fourth-order valence-electron chi connectivity index (χ4n) is 2.49. The Balaban J connectivity index is 1.79. The molecule has 1 aromatic heterocycles. The zero-order valence-electron chi connectivity index (χ0n) is 13.2. The van der Waals surface area contributed by atoms with Crippen LogP contribution in [0.1, 0.15) is 10.4 Å². The number of rotatable bonds is 3. The Kier molecular flexibility index (Phi) is 5.11. The minimum Gasteiger partial charge on any atom is -0.322 e. The van der Waals surface area contributed by atoms with E-state index >= 15 is 0 Å². The third kappa shape index (κ3) is 3.86. The maximum Gasteiger partial charge on any atom is 0.354 e. The van der Waals surface area contributed by atoms with Gasteiger partial charge in [-0.1, -0.05) is 11.6 Å². The van der Waals surface area contributed by atoms with Crippen LogP contribution in [-0.4, -0.2) is 52.9 Å². The second-order valence-corrected chi connectivity index (χ2v) is 5.86. The van der Waals surface area contributed by atoms with Crippen molar-refractivity contribution in [1.82, 2.24) is 19.8 Å². The van der Waals surface area contributed by atoms with Crippen molar-refractivity contribution in [3.05, 3.63) is 51.5 Å². The molecule has 1 aromatic carbocycles. The van der Waals surface area contributed by atoms with Crippen molar-refractivity contribution >= 4 is 29.7 Å². The summed E-state index contributed by atoms with van der Waals surface area (Å²) in [6, 6.07) is 5.87. The first-order chi connectivity index (χ1) is 12.1. The molecule has 130 valence electrons. The summed E-state index contributed by atoms with van der Waals surface area (Å²) in [6.07, 6.45) is 2.14. The minimum absolute atomic E-state index is 0.181. The molecule has 1 fully saturated rings. The van der Waals surface area contributed by atoms with Gasteiger partial charge in [0.25, 0.3) is 0 Å². The number of nitrogens with zero attached hydrogens (tertiary/aromatic N) is 3. The summed E-state index contributed by atoms with van der Waals surface area (Å²) in [7, 11) is 0. The standard InChI is InChI=1S/C16H16ClN5O3/c17-13-9-12(2-1-11(13)10-23)22-6-3-14(20-16(22)25)19-15(24)21-7-4-18-5-8-21/h1-3,6,9-10,18H,4-5,7-8H2,(H,19,20,24,25). The Morgan fingerprint density at radius 2 is 2.04 bits per heavy atom. The van der Waals surface area contributed by atoms with Crippen LogP contribution in [0.15, 0.2) is 35.3 Å². The number of piperazine rings is 1. The van der Waals surface area contributed by atoms with E-state index in [-0.39, 0.29) is 16.9 Å². The number of amides is 2. The van der Waals surface area contributed by atoms with Crippen LogP contribution < -0.4 is 16.3 Å². The molecule has 0 spiro atoms. The van der Waals surface area contributed by atoms with Gasteiger partial charge in [0.1, 0.15) is 5.82 Å². The smallest absolute Gasteiger partial charge is 0.322 e. The number of hydrogen-bond donors (Lipinski definition) is 2. The van der Waals surface area contributed by atoms with E-state index in [2.05, 4.69) is 15.6 Å². The Bertz CT molecular complexity index is 861. The number of hydrogen-bond acceptors (Lipinski definition) is 5. The monoisotopic (exact) mass is 361 g/mol. The summed E-state index contributed by atoms with van der Waals surface area (Å²) in [5.41, 5.74) is 0.257. The van der Waals surface area contributed by atoms with Crippen LogP contribution in [0.4, 0.5) is 10.6 Å². The number of aromatic nitrogens is 2. The van der Waals surface area contributed by atoms with Gasteiger partial charge in [0.05, 0.1) is 10.7 Å². The van der Waals surface area contributed by atoms with Gasteiger partial charge >= 0.3 is 11.7 Å². The number of benzene rings is 1. The Labute approximate surface area is 148 Å². The van der Waals surface area contributed by atoms with E-state index in [1.54, 1.807) is 11.0 Å². The maximum atomic E-state index is 12.2. The number of halogens is 1. The predicted molar refractivity (Wildman–Crippen MR) is 93.7 cm³/mol. The molecule has 2 amide bonds. The second-order valence-electron chi connectivity index (χ2n) is 5.46. The first-order valence-corrected chi connectivity index (χ1v) is 8.08. The number of carbonyl (C=O) groups excluding carboxylic acids is 2. The third-order valence-electron chi connectivity index (χ3n) is 3.83. The van der Waals surface area contributed by atoms with Crippen LogP contribution >= 0.6 is 11.6 Å². The predicted octanol–water partition coefficient (Wildman–Crippen LogP) is 1.14. The number of aldehydes is 1. The number of urea groups is 1. The molecule has 9 heteroatoms. The number of nitrogens with one attached hydrogen (secondary N) is 2. The zero-order chi connectivity index (χ0) is 17.8. The van der Waals surface area contributed by atoms with Crippen molar-refractivity contribution in [2.75, 3.05) is 31.5 Å². The average Bonchev–Trinajstić information content (AvgIpc) is 2.62. The lowest BCUT2D eigenvalue weighted by Crippen LogP contribution is -2.48. The van der Waals surface area contributed by atoms with Crippen LogP contribution in [0.3, 0.4) is 0 Å². The molecule has 0 unspecified atom stereocenters. The molecule has 25 heavy (non-hydrogen) atoms. The second kappa shape index (κ2) is 7.45. The van der Waals surface area contributed by atoms with Gasteiger partial charge in [0, 0.05) is 37.9 Å². The molecule has 3 rings (SSSR count). The van der Waals surface area contributed by atoms with Crippen molar-refractivity contribution in [2.45, 2.75) is 0 Å². The molecule has 2 N–H and O–H groups in total. The van der Waals surface area contributed by atoms with Gasteiger partial charge in [0.15, 0.2) is 6.29 Å². The summed E-state index contributed by atoms with van der Waals surface area (Å²) < 4.78 is 1.28. The summed E-state index contributed by atoms with van der Waals surface area (Å²) >= 11 is 5.98. The zero-order valence-corrected chi connectivity index (χ0v) is 14.0.